The minimum absolute atomic E-state index is 0.0417. The summed E-state index contributed by atoms with van der Waals surface area (Å²) in [7, 11) is -2.61. The first kappa shape index (κ1) is 31.2. The highest BCUT2D eigenvalue weighted by Crippen LogP contribution is 2.40. The van der Waals surface area contributed by atoms with Gasteiger partial charge in [0.05, 0.1) is 26.4 Å². The van der Waals surface area contributed by atoms with Crippen LogP contribution in [-0.4, -0.2) is 68.8 Å². The predicted molar refractivity (Wildman–Crippen MR) is 153 cm³/mol. The molecule has 0 N–H and O–H groups in total. The molecule has 0 atom stereocenters. The van der Waals surface area contributed by atoms with E-state index in [1.165, 1.54) is 11.8 Å². The van der Waals surface area contributed by atoms with Gasteiger partial charge in [0.15, 0.2) is 0 Å². The maximum Gasteiger partial charge on any atom is 0.323 e. The molecule has 218 valence electrons. The van der Waals surface area contributed by atoms with Gasteiger partial charge in [0.1, 0.15) is 12.5 Å². The number of carbonyl (C=O) groups is 1. The average Bonchev–Trinajstić information content (AvgIpc) is 3.32. The Balaban J connectivity index is 2.05. The molecular formula is C27H38N4O7SSi. The molecule has 0 bridgehead atoms. The van der Waals surface area contributed by atoms with Crippen molar-refractivity contribution < 1.29 is 32.2 Å². The maximum absolute atomic E-state index is 13.0. The molecule has 1 aromatic carbocycles. The van der Waals surface area contributed by atoms with Crippen molar-refractivity contribution in [1.29, 1.82) is 0 Å². The highest BCUT2D eigenvalue weighted by molar-refractivity contribution is 7.91. The van der Waals surface area contributed by atoms with Gasteiger partial charge in [-0.15, -0.1) is 5.10 Å². The van der Waals surface area contributed by atoms with Crippen LogP contribution in [0, 0.1) is 0 Å². The first-order valence-corrected chi connectivity index (χ1v) is 18.3. The SMILES string of the molecule is COC(=O)CCS(=O)(=O)c1nc(Oc2c(-c3ccnc(OC)c3)cccc2C(C)C)n(COCC[Si](C)(C)C)n1. The molecule has 0 aliphatic carbocycles. The van der Waals surface area contributed by atoms with E-state index in [9.17, 15) is 13.2 Å². The van der Waals surface area contributed by atoms with Crippen LogP contribution in [-0.2, 0) is 30.8 Å². The molecule has 0 saturated carbocycles. The molecule has 2 aromatic heterocycles. The van der Waals surface area contributed by atoms with Crippen molar-refractivity contribution in [2.75, 3.05) is 26.6 Å². The molecule has 0 fully saturated rings. The van der Waals surface area contributed by atoms with Crippen LogP contribution in [0.5, 0.6) is 17.6 Å². The van der Waals surface area contributed by atoms with E-state index in [0.717, 1.165) is 22.7 Å². The zero-order chi connectivity index (χ0) is 29.5. The summed E-state index contributed by atoms with van der Waals surface area (Å²) in [6.07, 6.45) is 1.32. The van der Waals surface area contributed by atoms with E-state index in [4.69, 9.17) is 14.2 Å². The van der Waals surface area contributed by atoms with Gasteiger partial charge >= 0.3 is 12.0 Å². The molecule has 0 unspecified atom stereocenters. The molecule has 11 nitrogen and oxygen atoms in total. The Morgan fingerprint density at radius 1 is 1.12 bits per heavy atom. The Morgan fingerprint density at radius 2 is 1.88 bits per heavy atom. The minimum Gasteiger partial charge on any atom is -0.481 e. The number of carbonyl (C=O) groups excluding carboxylic acids is 1. The van der Waals surface area contributed by atoms with Crippen molar-refractivity contribution in [3.63, 3.8) is 0 Å². The summed E-state index contributed by atoms with van der Waals surface area (Å²) >= 11 is 0. The molecule has 0 spiro atoms. The Kier molecular flexibility index (Phi) is 10.4. The summed E-state index contributed by atoms with van der Waals surface area (Å²) in [5.74, 6) is -0.121. The molecule has 3 rings (SSSR count). The normalized spacial score (nSPS) is 12.0. The summed E-state index contributed by atoms with van der Waals surface area (Å²) < 4.78 is 49.4. The number of esters is 1. The van der Waals surface area contributed by atoms with Crippen molar-refractivity contribution in [2.45, 2.75) is 63.8 Å². The Bertz CT molecular complexity index is 1420. The summed E-state index contributed by atoms with van der Waals surface area (Å²) in [6, 6.07) is 10.3. The second-order valence-corrected chi connectivity index (χ2v) is 18.4. The Morgan fingerprint density at radius 3 is 2.52 bits per heavy atom. The lowest BCUT2D eigenvalue weighted by Gasteiger charge is -2.18. The quantitative estimate of drug-likeness (QED) is 0.145. The number of sulfone groups is 1. The van der Waals surface area contributed by atoms with Crippen molar-refractivity contribution in [2.24, 2.45) is 0 Å². The third kappa shape index (κ3) is 8.35. The van der Waals surface area contributed by atoms with Gasteiger partial charge in [0.25, 0.3) is 5.16 Å². The van der Waals surface area contributed by atoms with Crippen LogP contribution in [0.3, 0.4) is 0 Å². The summed E-state index contributed by atoms with van der Waals surface area (Å²) in [5, 5.41) is 3.77. The zero-order valence-corrected chi connectivity index (χ0v) is 25.9. The van der Waals surface area contributed by atoms with Gasteiger partial charge < -0.3 is 18.9 Å². The fraction of sp³-hybridized carbons (Fsp3) is 0.481. The fourth-order valence-corrected chi connectivity index (χ4v) is 5.49. The third-order valence-corrected chi connectivity index (χ3v) is 9.20. The van der Waals surface area contributed by atoms with Gasteiger partial charge in [-0.25, -0.2) is 13.4 Å². The zero-order valence-electron chi connectivity index (χ0n) is 24.1. The first-order valence-electron chi connectivity index (χ1n) is 13.0. The molecule has 3 aromatic rings. The highest BCUT2D eigenvalue weighted by Gasteiger charge is 2.27. The number of ether oxygens (including phenoxy) is 4. The largest absolute Gasteiger partial charge is 0.481 e. The van der Waals surface area contributed by atoms with Crippen molar-refractivity contribution in [3.8, 4) is 28.8 Å². The van der Waals surface area contributed by atoms with Crippen LogP contribution in [0.25, 0.3) is 11.1 Å². The lowest BCUT2D eigenvalue weighted by atomic mass is 9.96. The van der Waals surface area contributed by atoms with E-state index in [0.29, 0.717) is 18.2 Å². The minimum atomic E-state index is -4.01. The summed E-state index contributed by atoms with van der Waals surface area (Å²) in [4.78, 5) is 20.0. The number of benzene rings is 1. The van der Waals surface area contributed by atoms with Gasteiger partial charge in [-0.2, -0.15) is 9.67 Å². The van der Waals surface area contributed by atoms with E-state index in [1.807, 2.05) is 38.1 Å². The summed E-state index contributed by atoms with van der Waals surface area (Å²) in [5.41, 5.74) is 2.43. The number of nitrogens with zero attached hydrogens (tertiary/aromatic N) is 4. The Labute approximate surface area is 236 Å². The van der Waals surface area contributed by atoms with Crippen molar-refractivity contribution in [3.05, 3.63) is 42.1 Å². The topological polar surface area (TPSA) is 132 Å². The summed E-state index contributed by atoms with van der Waals surface area (Å²) in [6.45, 7) is 11.2. The van der Waals surface area contributed by atoms with Gasteiger partial charge in [-0.3, -0.25) is 4.79 Å². The molecule has 0 aliphatic heterocycles. The third-order valence-electron chi connectivity index (χ3n) is 6.02. The maximum atomic E-state index is 13.0. The van der Waals surface area contributed by atoms with Gasteiger partial charge in [0, 0.05) is 32.5 Å². The number of hydrogen-bond acceptors (Lipinski definition) is 10. The van der Waals surface area contributed by atoms with E-state index in [2.05, 4.69) is 39.4 Å². The first-order chi connectivity index (χ1) is 18.8. The molecule has 0 radical (unpaired) electrons. The van der Waals surface area contributed by atoms with E-state index >= 15 is 0 Å². The van der Waals surface area contributed by atoms with Crippen LogP contribution in [0.15, 0.2) is 41.7 Å². The number of para-hydroxylation sites is 1. The van der Waals surface area contributed by atoms with Crippen LogP contribution in [0.1, 0.15) is 31.7 Å². The fourth-order valence-electron chi connectivity index (χ4n) is 3.67. The lowest BCUT2D eigenvalue weighted by Crippen LogP contribution is -2.22. The molecule has 2 heterocycles. The smallest absolute Gasteiger partial charge is 0.323 e. The molecule has 0 amide bonds. The molecule has 40 heavy (non-hydrogen) atoms. The van der Waals surface area contributed by atoms with Crippen LogP contribution in [0.2, 0.25) is 25.7 Å². The van der Waals surface area contributed by atoms with E-state index in [1.54, 1.807) is 19.4 Å². The monoisotopic (exact) mass is 590 g/mol. The second kappa shape index (κ2) is 13.4. The second-order valence-electron chi connectivity index (χ2n) is 10.7. The van der Waals surface area contributed by atoms with E-state index < -0.39 is 34.8 Å². The van der Waals surface area contributed by atoms with Gasteiger partial charge in [-0.05, 0) is 29.2 Å². The Hall–Kier alpha value is -3.29. The highest BCUT2D eigenvalue weighted by atomic mass is 32.2. The number of rotatable bonds is 14. The standard InChI is InChI=1S/C27H38N4O7SSi/c1-19(2)21-9-8-10-22(20-11-13-28-23(17-20)35-3)25(21)38-27-29-26(39(33,34)15-12-24(32)36-4)30-31(27)18-37-14-16-40(5,6)7/h8-11,13,17,19H,12,14-16,18H2,1-7H3. The molecule has 13 heteroatoms. The van der Waals surface area contributed by atoms with Crippen molar-refractivity contribution >= 4 is 23.9 Å². The van der Waals surface area contributed by atoms with E-state index in [-0.39, 0.29) is 25.1 Å². The van der Waals surface area contributed by atoms with Gasteiger partial charge in [-0.1, -0.05) is 51.7 Å². The van der Waals surface area contributed by atoms with Crippen LogP contribution >= 0.6 is 0 Å². The molecule has 0 aliphatic rings. The molecule has 0 saturated heterocycles. The number of aromatic nitrogens is 4. The lowest BCUT2D eigenvalue weighted by molar-refractivity contribution is -0.140. The van der Waals surface area contributed by atoms with Crippen molar-refractivity contribution in [1.82, 2.24) is 19.7 Å². The number of methoxy groups -OCH3 is 2. The van der Waals surface area contributed by atoms with Crippen LogP contribution < -0.4 is 9.47 Å². The molecular weight excluding hydrogens is 552 g/mol. The predicted octanol–water partition coefficient (Wildman–Crippen LogP) is 4.91. The number of hydrogen-bond donors (Lipinski definition) is 0. The van der Waals surface area contributed by atoms with Gasteiger partial charge in [0.2, 0.25) is 15.7 Å². The van der Waals surface area contributed by atoms with Crippen LogP contribution in [0.4, 0.5) is 0 Å². The average molecular weight is 591 g/mol. The number of pyridine rings is 1.